The second kappa shape index (κ2) is 6.86. The summed E-state index contributed by atoms with van der Waals surface area (Å²) in [7, 11) is -3.92. The van der Waals surface area contributed by atoms with Crippen LogP contribution in [0, 0.1) is 23.5 Å². The molecular weight excluding hydrogens is 392 g/mol. The van der Waals surface area contributed by atoms with Gasteiger partial charge in [-0.3, -0.25) is 8.51 Å². The monoisotopic (exact) mass is 408 g/mol. The van der Waals surface area contributed by atoms with Crippen LogP contribution in [-0.2, 0) is 21.1 Å². The summed E-state index contributed by atoms with van der Waals surface area (Å²) in [6.45, 7) is 0. The number of carboxylic acids is 1. The van der Waals surface area contributed by atoms with Crippen LogP contribution in [0.5, 0.6) is 0 Å². The van der Waals surface area contributed by atoms with Crippen LogP contribution >= 0.6 is 0 Å². The number of benzene rings is 1. The Morgan fingerprint density at radius 1 is 1.27 bits per heavy atom. The van der Waals surface area contributed by atoms with Gasteiger partial charge in [0.05, 0.1) is 10.9 Å². The van der Waals surface area contributed by atoms with Crippen LogP contribution in [-0.4, -0.2) is 39.4 Å². The fraction of sp³-hybridized carbons (Fsp3) is 0.533. The second-order valence-electron chi connectivity index (χ2n) is 6.59. The zero-order chi connectivity index (χ0) is 19.2. The molecule has 2 aliphatic carbocycles. The molecule has 0 aromatic heterocycles. The standard InChI is InChI=1S/C15H17F2NO6S2/c16-10-5-6-11(13(17)12(10)15(19)20)18(25(21)22)7-26(23,24)14(8-1-2-8)9-3-4-9/h5-6,8-9,14H,1-4,7H2,(H,19,20)(H,21,22)/p-1. The molecule has 2 fully saturated rings. The number of halogens is 2. The van der Waals surface area contributed by atoms with Gasteiger partial charge in [0.2, 0.25) is 0 Å². The van der Waals surface area contributed by atoms with Crippen LogP contribution in [0.15, 0.2) is 12.1 Å². The normalized spacial score (nSPS) is 18.8. The zero-order valence-corrected chi connectivity index (χ0v) is 15.1. The van der Waals surface area contributed by atoms with Gasteiger partial charge in [0, 0.05) is 11.3 Å². The first-order chi connectivity index (χ1) is 12.1. The number of hydrogen-bond acceptors (Lipinski definition) is 5. The van der Waals surface area contributed by atoms with Crippen molar-refractivity contribution >= 4 is 32.8 Å². The smallest absolute Gasteiger partial charge is 0.341 e. The van der Waals surface area contributed by atoms with Gasteiger partial charge >= 0.3 is 5.97 Å². The Balaban J connectivity index is 1.97. The first kappa shape index (κ1) is 19.2. The molecule has 1 unspecified atom stereocenters. The van der Waals surface area contributed by atoms with Crippen LogP contribution in [0.4, 0.5) is 14.5 Å². The van der Waals surface area contributed by atoms with Gasteiger partial charge in [-0.05, 0) is 49.7 Å². The summed E-state index contributed by atoms with van der Waals surface area (Å²) < 4.78 is 76.7. The maximum atomic E-state index is 14.4. The van der Waals surface area contributed by atoms with E-state index in [9.17, 15) is 30.8 Å². The molecule has 0 amide bonds. The van der Waals surface area contributed by atoms with Crippen molar-refractivity contribution in [1.29, 1.82) is 0 Å². The predicted molar refractivity (Wildman–Crippen MR) is 87.7 cm³/mol. The van der Waals surface area contributed by atoms with Crippen molar-refractivity contribution in [3.8, 4) is 0 Å². The third-order valence-electron chi connectivity index (χ3n) is 4.62. The molecule has 7 nitrogen and oxygen atoms in total. The number of aromatic carboxylic acids is 1. The third-order valence-corrected chi connectivity index (χ3v) is 7.68. The molecule has 3 rings (SSSR count). The Labute approximate surface area is 151 Å². The van der Waals surface area contributed by atoms with E-state index < -0.39 is 61.1 Å². The van der Waals surface area contributed by atoms with Gasteiger partial charge in [0.25, 0.3) is 0 Å². The average molecular weight is 408 g/mol. The van der Waals surface area contributed by atoms with Crippen molar-refractivity contribution in [2.24, 2.45) is 11.8 Å². The van der Waals surface area contributed by atoms with Gasteiger partial charge in [-0.2, -0.15) is 0 Å². The number of rotatable bonds is 8. The minimum atomic E-state index is -3.92. The highest BCUT2D eigenvalue weighted by atomic mass is 32.2. The number of nitrogens with zero attached hydrogens (tertiary/aromatic N) is 1. The van der Waals surface area contributed by atoms with Gasteiger partial charge in [0.1, 0.15) is 17.3 Å². The molecule has 26 heavy (non-hydrogen) atoms. The van der Waals surface area contributed by atoms with Crippen molar-refractivity contribution in [3.05, 3.63) is 29.3 Å². The van der Waals surface area contributed by atoms with Crippen molar-refractivity contribution in [2.75, 3.05) is 10.2 Å². The predicted octanol–water partition coefficient (Wildman–Crippen LogP) is 1.82. The molecule has 0 bridgehead atoms. The molecule has 11 heteroatoms. The van der Waals surface area contributed by atoms with Gasteiger partial charge in [-0.25, -0.2) is 22.0 Å². The summed E-state index contributed by atoms with van der Waals surface area (Å²) in [5.74, 6) is -6.00. The Kier molecular flexibility index (Phi) is 5.06. The zero-order valence-electron chi connectivity index (χ0n) is 13.4. The number of hydrogen-bond donors (Lipinski definition) is 1. The summed E-state index contributed by atoms with van der Waals surface area (Å²) in [4.78, 5) is 11.0. The highest BCUT2D eigenvalue weighted by Gasteiger charge is 2.49. The van der Waals surface area contributed by atoms with Gasteiger partial charge in [0.15, 0.2) is 15.7 Å². The van der Waals surface area contributed by atoms with E-state index >= 15 is 0 Å². The highest BCUT2D eigenvalue weighted by Crippen LogP contribution is 2.48. The average Bonchev–Trinajstić information content (AvgIpc) is 3.40. The Hall–Kier alpha value is -1.59. The molecule has 0 radical (unpaired) electrons. The summed E-state index contributed by atoms with van der Waals surface area (Å²) in [5.41, 5.74) is -2.15. The summed E-state index contributed by atoms with van der Waals surface area (Å²) in [6.07, 6.45) is 2.98. The van der Waals surface area contributed by atoms with Crippen LogP contribution in [0.25, 0.3) is 0 Å². The molecule has 2 aliphatic rings. The number of carboxylic acid groups (broad SMARTS) is 1. The second-order valence-corrected chi connectivity index (χ2v) is 9.59. The van der Waals surface area contributed by atoms with E-state index in [0.29, 0.717) is 12.1 Å². The minimum absolute atomic E-state index is 0.0258. The lowest BCUT2D eigenvalue weighted by molar-refractivity contribution is 0.0686. The molecule has 0 saturated heterocycles. The Bertz CT molecular complexity index is 855. The molecule has 144 valence electrons. The fourth-order valence-electron chi connectivity index (χ4n) is 3.19. The molecule has 1 aromatic carbocycles. The molecule has 0 spiro atoms. The summed E-state index contributed by atoms with van der Waals surface area (Å²) in [5, 5.41) is 8.22. The first-order valence-electron chi connectivity index (χ1n) is 7.93. The van der Waals surface area contributed by atoms with E-state index in [1.165, 1.54) is 0 Å². The van der Waals surface area contributed by atoms with E-state index in [4.69, 9.17) is 5.11 Å². The number of anilines is 1. The third kappa shape index (κ3) is 3.74. The van der Waals surface area contributed by atoms with Crippen molar-refractivity contribution in [2.45, 2.75) is 30.9 Å². The van der Waals surface area contributed by atoms with Crippen LogP contribution in [0.2, 0.25) is 0 Å². The Morgan fingerprint density at radius 2 is 1.81 bits per heavy atom. The largest absolute Gasteiger partial charge is 0.755 e. The van der Waals surface area contributed by atoms with E-state index in [1.54, 1.807) is 0 Å². The molecule has 1 atom stereocenters. The van der Waals surface area contributed by atoms with E-state index in [-0.39, 0.29) is 16.1 Å². The molecular formula is C15H16F2NO6S2-. The SMILES string of the molecule is O=C(O)c1c(F)ccc(N(CS(=O)(=O)C(C2CC2)C2CC2)S(=O)[O-])c1F. The van der Waals surface area contributed by atoms with Crippen LogP contribution < -0.4 is 4.31 Å². The van der Waals surface area contributed by atoms with Crippen molar-refractivity contribution < 1.29 is 35.9 Å². The molecule has 0 aliphatic heterocycles. The van der Waals surface area contributed by atoms with Crippen molar-refractivity contribution in [1.82, 2.24) is 0 Å². The maximum Gasteiger partial charge on any atom is 0.341 e. The first-order valence-corrected chi connectivity index (χ1v) is 10.7. The highest BCUT2D eigenvalue weighted by molar-refractivity contribution is 7.93. The van der Waals surface area contributed by atoms with Crippen molar-refractivity contribution in [3.63, 3.8) is 0 Å². The molecule has 1 aromatic rings. The lowest BCUT2D eigenvalue weighted by atomic mass is 10.1. The van der Waals surface area contributed by atoms with Gasteiger partial charge < -0.3 is 9.66 Å². The topological polar surface area (TPSA) is 115 Å². The number of sulfone groups is 1. The minimum Gasteiger partial charge on any atom is -0.755 e. The molecule has 2 saturated carbocycles. The van der Waals surface area contributed by atoms with Gasteiger partial charge in [-0.1, -0.05) is 0 Å². The lowest BCUT2D eigenvalue weighted by Crippen LogP contribution is -2.39. The van der Waals surface area contributed by atoms with E-state index in [2.05, 4.69) is 0 Å². The Morgan fingerprint density at radius 3 is 2.23 bits per heavy atom. The van der Waals surface area contributed by atoms with E-state index in [1.807, 2.05) is 0 Å². The fourth-order valence-corrected chi connectivity index (χ4v) is 6.64. The van der Waals surface area contributed by atoms with Gasteiger partial charge in [-0.15, -0.1) is 0 Å². The van der Waals surface area contributed by atoms with Crippen LogP contribution in [0.1, 0.15) is 36.0 Å². The van der Waals surface area contributed by atoms with Crippen LogP contribution in [0.3, 0.4) is 0 Å². The molecule has 1 N–H and O–H groups in total. The maximum absolute atomic E-state index is 14.4. The quantitative estimate of drug-likeness (QED) is 0.656. The summed E-state index contributed by atoms with van der Waals surface area (Å²) in [6, 6.07) is 1.30. The summed E-state index contributed by atoms with van der Waals surface area (Å²) >= 11 is -3.19. The lowest BCUT2D eigenvalue weighted by Gasteiger charge is -2.29. The number of carbonyl (C=O) groups is 1. The molecule has 0 heterocycles. The van der Waals surface area contributed by atoms with E-state index in [0.717, 1.165) is 25.7 Å².